The third kappa shape index (κ3) is 2.33. The molecule has 1 fully saturated rings. The van der Waals surface area contributed by atoms with Crippen LogP contribution in [0.4, 0.5) is 10.5 Å². The van der Waals surface area contributed by atoms with Crippen LogP contribution >= 0.6 is 0 Å². The fraction of sp³-hybridized carbons (Fsp3) is 0.444. The van der Waals surface area contributed by atoms with Crippen LogP contribution in [0.5, 0.6) is 0 Å². The average Bonchev–Trinajstić information content (AvgIpc) is 3.14. The van der Waals surface area contributed by atoms with E-state index in [-0.39, 0.29) is 11.6 Å². The summed E-state index contributed by atoms with van der Waals surface area (Å²) >= 11 is 0. The predicted octanol–water partition coefficient (Wildman–Crippen LogP) is 3.13. The number of carbonyl (C=O) groups is 1. The molecule has 1 N–H and O–H groups in total. The topological polar surface area (TPSA) is 59.4 Å². The lowest BCUT2D eigenvalue weighted by molar-refractivity contribution is 0.0285. The van der Waals surface area contributed by atoms with Gasteiger partial charge >= 0.3 is 6.09 Å². The van der Waals surface area contributed by atoms with Gasteiger partial charge in [-0.2, -0.15) is 0 Å². The Balaban J connectivity index is 1.65. The van der Waals surface area contributed by atoms with Gasteiger partial charge in [-0.1, -0.05) is 0 Å². The summed E-state index contributed by atoms with van der Waals surface area (Å²) in [6.45, 7) is 6.93. The Morgan fingerprint density at radius 3 is 2.96 bits per heavy atom. The van der Waals surface area contributed by atoms with Gasteiger partial charge in [0, 0.05) is 18.9 Å². The zero-order chi connectivity index (χ0) is 16.9. The van der Waals surface area contributed by atoms with Gasteiger partial charge < -0.3 is 19.5 Å². The van der Waals surface area contributed by atoms with Gasteiger partial charge in [0.05, 0.1) is 23.5 Å². The van der Waals surface area contributed by atoms with Gasteiger partial charge in [-0.3, -0.25) is 0 Å². The molecule has 1 spiro atoms. The van der Waals surface area contributed by atoms with Crippen molar-refractivity contribution in [1.82, 2.24) is 14.5 Å². The Bertz CT molecular complexity index is 792. The molecule has 2 aromatic rings. The number of likely N-dealkylation sites (tertiary alicyclic amines) is 1. The third-order valence-corrected chi connectivity index (χ3v) is 4.55. The van der Waals surface area contributed by atoms with E-state index in [4.69, 9.17) is 4.74 Å². The van der Waals surface area contributed by atoms with Crippen LogP contribution in [0.3, 0.4) is 0 Å². The molecular formula is C18H22N4O2. The summed E-state index contributed by atoms with van der Waals surface area (Å²) in [5, 5.41) is 3.63. The Labute approximate surface area is 141 Å². The Hall–Kier alpha value is -2.50. The van der Waals surface area contributed by atoms with Crippen molar-refractivity contribution in [3.8, 4) is 5.82 Å². The van der Waals surface area contributed by atoms with Crippen LogP contribution in [0, 0.1) is 0 Å². The third-order valence-electron chi connectivity index (χ3n) is 4.55. The lowest BCUT2D eigenvalue weighted by Crippen LogP contribution is -2.44. The summed E-state index contributed by atoms with van der Waals surface area (Å²) in [5.41, 5.74) is 1.35. The van der Waals surface area contributed by atoms with E-state index in [1.807, 2.05) is 45.2 Å². The van der Waals surface area contributed by atoms with E-state index in [1.54, 1.807) is 11.1 Å². The van der Waals surface area contributed by atoms with Crippen LogP contribution in [0.1, 0.15) is 32.9 Å². The molecule has 2 aromatic heterocycles. The zero-order valence-electron chi connectivity index (χ0n) is 14.2. The molecule has 6 heteroatoms. The van der Waals surface area contributed by atoms with Crippen molar-refractivity contribution in [2.24, 2.45) is 0 Å². The molecule has 2 aliphatic rings. The Kier molecular flexibility index (Phi) is 3.13. The molecule has 0 unspecified atom stereocenters. The molecule has 2 aliphatic heterocycles. The fourth-order valence-electron chi connectivity index (χ4n) is 3.57. The number of hydrogen-bond acceptors (Lipinski definition) is 4. The lowest BCUT2D eigenvalue weighted by atomic mass is 9.92. The molecule has 1 amide bonds. The van der Waals surface area contributed by atoms with Gasteiger partial charge in [-0.05, 0) is 51.5 Å². The first kappa shape index (κ1) is 15.1. The molecule has 4 heterocycles. The summed E-state index contributed by atoms with van der Waals surface area (Å²) in [7, 11) is 0. The van der Waals surface area contributed by atoms with E-state index in [0.717, 1.165) is 23.6 Å². The van der Waals surface area contributed by atoms with Crippen LogP contribution < -0.4 is 5.32 Å². The van der Waals surface area contributed by atoms with Gasteiger partial charge in [-0.25, -0.2) is 9.78 Å². The Morgan fingerprint density at radius 2 is 2.17 bits per heavy atom. The van der Waals surface area contributed by atoms with E-state index in [9.17, 15) is 4.79 Å². The minimum Gasteiger partial charge on any atom is -0.444 e. The highest BCUT2D eigenvalue weighted by Gasteiger charge is 2.46. The second-order valence-electron chi connectivity index (χ2n) is 7.50. The van der Waals surface area contributed by atoms with Crippen molar-refractivity contribution < 1.29 is 9.53 Å². The summed E-state index contributed by atoms with van der Waals surface area (Å²) in [6, 6.07) is 8.08. The van der Waals surface area contributed by atoms with Crippen molar-refractivity contribution in [2.45, 2.75) is 38.3 Å². The standard InChI is InChI=1S/C18H22N4O2/c1-17(2,3)24-16(23)21-11-8-18(12-21)14-7-5-10-22(14)15-13(20-18)6-4-9-19-15/h4-7,9-10,20H,8,11-12H2,1-3H3/t18-/m0/s1. The van der Waals surface area contributed by atoms with Gasteiger partial charge in [0.25, 0.3) is 0 Å². The van der Waals surface area contributed by atoms with Gasteiger partial charge in [0.1, 0.15) is 5.60 Å². The molecule has 0 aromatic carbocycles. The molecule has 0 saturated carbocycles. The van der Waals surface area contributed by atoms with Crippen LogP contribution in [0.15, 0.2) is 36.7 Å². The molecular weight excluding hydrogens is 304 g/mol. The van der Waals surface area contributed by atoms with E-state index in [1.165, 1.54) is 0 Å². The number of ether oxygens (including phenoxy) is 1. The number of amides is 1. The monoisotopic (exact) mass is 326 g/mol. The first-order valence-corrected chi connectivity index (χ1v) is 8.27. The molecule has 0 bridgehead atoms. The van der Waals surface area contributed by atoms with Crippen LogP contribution in [-0.2, 0) is 10.3 Å². The second kappa shape index (κ2) is 5.00. The molecule has 126 valence electrons. The van der Waals surface area contributed by atoms with E-state index < -0.39 is 5.60 Å². The maximum atomic E-state index is 12.4. The Morgan fingerprint density at radius 1 is 1.33 bits per heavy atom. The van der Waals surface area contributed by atoms with Crippen molar-refractivity contribution in [1.29, 1.82) is 0 Å². The van der Waals surface area contributed by atoms with E-state index in [0.29, 0.717) is 13.1 Å². The number of rotatable bonds is 0. The lowest BCUT2D eigenvalue weighted by Gasteiger charge is -2.37. The van der Waals surface area contributed by atoms with Crippen molar-refractivity contribution in [3.63, 3.8) is 0 Å². The molecule has 0 aliphatic carbocycles. The predicted molar refractivity (Wildman–Crippen MR) is 91.3 cm³/mol. The maximum Gasteiger partial charge on any atom is 0.410 e. The quantitative estimate of drug-likeness (QED) is 0.808. The molecule has 24 heavy (non-hydrogen) atoms. The molecule has 4 rings (SSSR count). The summed E-state index contributed by atoms with van der Waals surface area (Å²) in [4.78, 5) is 18.7. The summed E-state index contributed by atoms with van der Waals surface area (Å²) in [5.74, 6) is 0.902. The number of aromatic nitrogens is 2. The molecule has 1 saturated heterocycles. The number of carbonyl (C=O) groups excluding carboxylic acids is 1. The largest absolute Gasteiger partial charge is 0.444 e. The van der Waals surface area contributed by atoms with Crippen LogP contribution in [0.25, 0.3) is 5.82 Å². The maximum absolute atomic E-state index is 12.4. The van der Waals surface area contributed by atoms with Crippen molar-refractivity contribution >= 4 is 11.8 Å². The van der Waals surface area contributed by atoms with Crippen LogP contribution in [0.2, 0.25) is 0 Å². The molecule has 0 radical (unpaired) electrons. The first-order chi connectivity index (χ1) is 11.4. The highest BCUT2D eigenvalue weighted by atomic mass is 16.6. The number of nitrogens with one attached hydrogen (secondary N) is 1. The van der Waals surface area contributed by atoms with E-state index in [2.05, 4.69) is 20.9 Å². The minimum atomic E-state index is -0.483. The van der Waals surface area contributed by atoms with Gasteiger partial charge in [-0.15, -0.1) is 0 Å². The SMILES string of the molecule is CC(C)(C)OC(=O)N1CC[C@@]2(C1)Nc1cccnc1-n1cccc12. The summed E-state index contributed by atoms with van der Waals surface area (Å²) < 4.78 is 7.65. The smallest absolute Gasteiger partial charge is 0.410 e. The number of nitrogens with zero attached hydrogens (tertiary/aromatic N) is 3. The van der Waals surface area contributed by atoms with Gasteiger partial charge in [0.15, 0.2) is 5.82 Å². The highest BCUT2D eigenvalue weighted by Crippen LogP contribution is 2.42. The molecule has 6 nitrogen and oxygen atoms in total. The zero-order valence-corrected chi connectivity index (χ0v) is 14.2. The normalized spacial score (nSPS) is 22.0. The minimum absolute atomic E-state index is 0.253. The highest BCUT2D eigenvalue weighted by molar-refractivity contribution is 5.70. The van der Waals surface area contributed by atoms with Crippen molar-refractivity contribution in [2.75, 3.05) is 18.4 Å². The number of pyridine rings is 1. The van der Waals surface area contributed by atoms with Crippen LogP contribution in [-0.4, -0.2) is 39.2 Å². The number of fused-ring (bicyclic) bond motifs is 4. The van der Waals surface area contributed by atoms with Gasteiger partial charge in [0.2, 0.25) is 0 Å². The number of hydrogen-bond donors (Lipinski definition) is 1. The van der Waals surface area contributed by atoms with Crippen molar-refractivity contribution in [3.05, 3.63) is 42.4 Å². The average molecular weight is 326 g/mol. The molecule has 1 atom stereocenters. The fourth-order valence-corrected chi connectivity index (χ4v) is 3.57. The van der Waals surface area contributed by atoms with E-state index >= 15 is 0 Å². The number of anilines is 1. The second-order valence-corrected chi connectivity index (χ2v) is 7.50. The first-order valence-electron chi connectivity index (χ1n) is 8.27. The summed E-state index contributed by atoms with van der Waals surface area (Å²) in [6.07, 6.45) is 4.41.